The van der Waals surface area contributed by atoms with Gasteiger partial charge >= 0.3 is 0 Å². The second-order valence-electron chi connectivity index (χ2n) is 4.93. The van der Waals surface area contributed by atoms with Gasteiger partial charge in [0.15, 0.2) is 5.84 Å². The van der Waals surface area contributed by atoms with Crippen LogP contribution in [0.2, 0.25) is 0 Å². The molecule has 0 amide bonds. The number of benzene rings is 1. The maximum Gasteiger partial charge on any atom is 0.170 e. The van der Waals surface area contributed by atoms with E-state index in [2.05, 4.69) is 24.3 Å². The predicted octanol–water partition coefficient (Wildman–Crippen LogP) is 1.42. The Morgan fingerprint density at radius 3 is 2.79 bits per heavy atom. The first-order valence-electron chi connectivity index (χ1n) is 6.47. The SMILES string of the molecule is CCC(C)(CCO)NCc1cccc(/C(N)=N/O)c1. The van der Waals surface area contributed by atoms with Gasteiger partial charge in [0.25, 0.3) is 0 Å². The summed E-state index contributed by atoms with van der Waals surface area (Å²) in [4.78, 5) is 0. The van der Waals surface area contributed by atoms with Crippen LogP contribution in [0.3, 0.4) is 0 Å². The van der Waals surface area contributed by atoms with Crippen molar-refractivity contribution in [2.45, 2.75) is 38.8 Å². The number of rotatable bonds is 7. The van der Waals surface area contributed by atoms with Gasteiger partial charge in [0.2, 0.25) is 0 Å². The standard InChI is InChI=1S/C14H23N3O2/c1-3-14(2,7-8-18)16-10-11-5-4-6-12(9-11)13(15)17-19/h4-6,9,16,18-19H,3,7-8,10H2,1-2H3,(H2,15,17). The van der Waals surface area contributed by atoms with Crippen molar-refractivity contribution in [3.63, 3.8) is 0 Å². The van der Waals surface area contributed by atoms with E-state index in [4.69, 9.17) is 16.0 Å². The second kappa shape index (κ2) is 7.11. The lowest BCUT2D eigenvalue weighted by atomic mass is 9.94. The number of nitrogens with one attached hydrogen (secondary N) is 1. The molecular formula is C14H23N3O2. The van der Waals surface area contributed by atoms with Crippen molar-refractivity contribution in [1.82, 2.24) is 5.32 Å². The van der Waals surface area contributed by atoms with E-state index in [0.29, 0.717) is 18.5 Å². The van der Waals surface area contributed by atoms with Gasteiger partial charge in [-0.05, 0) is 31.4 Å². The molecule has 0 fully saturated rings. The fourth-order valence-corrected chi connectivity index (χ4v) is 1.85. The molecule has 0 aliphatic carbocycles. The van der Waals surface area contributed by atoms with E-state index in [1.54, 1.807) is 6.07 Å². The number of amidine groups is 1. The topological polar surface area (TPSA) is 90.9 Å². The van der Waals surface area contributed by atoms with E-state index in [1.165, 1.54) is 0 Å². The number of nitrogens with zero attached hydrogens (tertiary/aromatic N) is 1. The molecule has 5 N–H and O–H groups in total. The van der Waals surface area contributed by atoms with Crippen LogP contribution in [0.25, 0.3) is 0 Å². The fourth-order valence-electron chi connectivity index (χ4n) is 1.85. The maximum atomic E-state index is 9.08. The van der Waals surface area contributed by atoms with Crippen LogP contribution in [0.5, 0.6) is 0 Å². The lowest BCUT2D eigenvalue weighted by molar-refractivity contribution is 0.214. The van der Waals surface area contributed by atoms with E-state index in [-0.39, 0.29) is 18.0 Å². The molecule has 0 saturated heterocycles. The molecule has 1 atom stereocenters. The van der Waals surface area contributed by atoms with Gasteiger partial charge in [-0.15, -0.1) is 0 Å². The van der Waals surface area contributed by atoms with Crippen LogP contribution in [0.4, 0.5) is 0 Å². The average Bonchev–Trinajstić information content (AvgIpc) is 2.45. The summed E-state index contributed by atoms with van der Waals surface area (Å²) in [5.74, 6) is 0.107. The van der Waals surface area contributed by atoms with Gasteiger partial charge in [0.1, 0.15) is 0 Å². The molecule has 0 aliphatic rings. The van der Waals surface area contributed by atoms with Gasteiger partial charge in [0.05, 0.1) is 0 Å². The molecule has 5 heteroatoms. The molecular weight excluding hydrogens is 242 g/mol. The Morgan fingerprint density at radius 2 is 2.21 bits per heavy atom. The largest absolute Gasteiger partial charge is 0.409 e. The minimum atomic E-state index is -0.0820. The summed E-state index contributed by atoms with van der Waals surface area (Å²) in [6.07, 6.45) is 1.65. The molecule has 1 aromatic carbocycles. The summed E-state index contributed by atoms with van der Waals surface area (Å²) >= 11 is 0. The zero-order chi connectivity index (χ0) is 14.3. The van der Waals surface area contributed by atoms with Crippen molar-refractivity contribution < 1.29 is 10.3 Å². The fraction of sp³-hybridized carbons (Fsp3) is 0.500. The number of aliphatic hydroxyl groups is 1. The quantitative estimate of drug-likeness (QED) is 0.260. The highest BCUT2D eigenvalue weighted by Gasteiger charge is 2.20. The summed E-state index contributed by atoms with van der Waals surface area (Å²) < 4.78 is 0. The molecule has 1 rings (SSSR count). The van der Waals surface area contributed by atoms with E-state index >= 15 is 0 Å². The third-order valence-corrected chi connectivity index (χ3v) is 3.49. The molecule has 5 nitrogen and oxygen atoms in total. The van der Waals surface area contributed by atoms with Gasteiger partial charge in [-0.2, -0.15) is 0 Å². The minimum Gasteiger partial charge on any atom is -0.409 e. The number of nitrogens with two attached hydrogens (primary N) is 1. The number of hydrogen-bond acceptors (Lipinski definition) is 4. The molecule has 0 heterocycles. The van der Waals surface area contributed by atoms with Crippen LogP contribution in [0, 0.1) is 0 Å². The van der Waals surface area contributed by atoms with Crippen LogP contribution in [-0.4, -0.2) is 28.3 Å². The highest BCUT2D eigenvalue weighted by molar-refractivity contribution is 5.97. The summed E-state index contributed by atoms with van der Waals surface area (Å²) in [6, 6.07) is 7.54. The first-order valence-corrected chi connectivity index (χ1v) is 6.47. The van der Waals surface area contributed by atoms with Crippen molar-refractivity contribution in [2.75, 3.05) is 6.61 Å². The molecule has 0 radical (unpaired) electrons. The Bertz CT molecular complexity index is 434. The van der Waals surface area contributed by atoms with Crippen LogP contribution in [0.1, 0.15) is 37.8 Å². The van der Waals surface area contributed by atoms with Crippen molar-refractivity contribution in [1.29, 1.82) is 0 Å². The number of hydrogen-bond donors (Lipinski definition) is 4. The van der Waals surface area contributed by atoms with Gasteiger partial charge in [-0.1, -0.05) is 30.3 Å². The molecule has 0 bridgehead atoms. The molecule has 0 saturated carbocycles. The van der Waals surface area contributed by atoms with Crippen molar-refractivity contribution >= 4 is 5.84 Å². The van der Waals surface area contributed by atoms with Crippen LogP contribution in [-0.2, 0) is 6.54 Å². The Labute approximate surface area is 114 Å². The molecule has 0 aromatic heterocycles. The van der Waals surface area contributed by atoms with E-state index < -0.39 is 0 Å². The highest BCUT2D eigenvalue weighted by atomic mass is 16.4. The molecule has 0 aliphatic heterocycles. The van der Waals surface area contributed by atoms with Crippen LogP contribution < -0.4 is 11.1 Å². The van der Waals surface area contributed by atoms with Crippen LogP contribution >= 0.6 is 0 Å². The lowest BCUT2D eigenvalue weighted by Gasteiger charge is -2.29. The van der Waals surface area contributed by atoms with Crippen LogP contribution in [0.15, 0.2) is 29.4 Å². The molecule has 106 valence electrons. The van der Waals surface area contributed by atoms with E-state index in [1.807, 2.05) is 18.2 Å². The number of aliphatic hydroxyl groups excluding tert-OH is 1. The smallest absolute Gasteiger partial charge is 0.170 e. The Kier molecular flexibility index (Phi) is 5.79. The summed E-state index contributed by atoms with van der Waals surface area (Å²) in [6.45, 7) is 5.03. The van der Waals surface area contributed by atoms with Crippen molar-refractivity contribution in [3.8, 4) is 0 Å². The van der Waals surface area contributed by atoms with Gasteiger partial charge in [-0.25, -0.2) is 0 Å². The average molecular weight is 265 g/mol. The predicted molar refractivity (Wildman–Crippen MR) is 76.2 cm³/mol. The zero-order valence-corrected chi connectivity index (χ0v) is 11.6. The third kappa shape index (κ3) is 4.54. The monoisotopic (exact) mass is 265 g/mol. The first-order chi connectivity index (χ1) is 9.04. The van der Waals surface area contributed by atoms with E-state index in [0.717, 1.165) is 12.0 Å². The molecule has 1 unspecified atom stereocenters. The maximum absolute atomic E-state index is 9.08. The minimum absolute atomic E-state index is 0.0820. The Hall–Kier alpha value is -1.59. The Morgan fingerprint density at radius 1 is 1.47 bits per heavy atom. The van der Waals surface area contributed by atoms with Gasteiger partial charge < -0.3 is 21.4 Å². The van der Waals surface area contributed by atoms with Gasteiger partial charge in [0, 0.05) is 24.3 Å². The number of oxime groups is 1. The third-order valence-electron chi connectivity index (χ3n) is 3.49. The van der Waals surface area contributed by atoms with Crippen molar-refractivity contribution in [2.24, 2.45) is 10.9 Å². The summed E-state index contributed by atoms with van der Waals surface area (Å²) in [5, 5.41) is 24.2. The normalized spacial score (nSPS) is 15.2. The molecule has 0 spiro atoms. The summed E-state index contributed by atoms with van der Waals surface area (Å²) in [5.41, 5.74) is 7.24. The highest BCUT2D eigenvalue weighted by Crippen LogP contribution is 2.15. The van der Waals surface area contributed by atoms with Crippen molar-refractivity contribution in [3.05, 3.63) is 35.4 Å². The first kappa shape index (κ1) is 15.5. The van der Waals surface area contributed by atoms with Gasteiger partial charge in [-0.3, -0.25) is 0 Å². The Balaban J connectivity index is 2.72. The zero-order valence-electron chi connectivity index (χ0n) is 11.6. The second-order valence-corrected chi connectivity index (χ2v) is 4.93. The molecule has 19 heavy (non-hydrogen) atoms. The molecule has 1 aromatic rings. The lowest BCUT2D eigenvalue weighted by Crippen LogP contribution is -2.42. The summed E-state index contributed by atoms with van der Waals surface area (Å²) in [7, 11) is 0. The van der Waals surface area contributed by atoms with E-state index in [9.17, 15) is 0 Å².